The smallest absolute Gasteiger partial charge is 0.206 e. The highest BCUT2D eigenvalue weighted by Gasteiger charge is 2.22. The average molecular weight is 357 g/mol. The molecule has 3 rings (SSSR count). The first kappa shape index (κ1) is 15.5. The van der Waals surface area contributed by atoms with Crippen LogP contribution in [0.2, 0.25) is 10.2 Å². The number of benzene rings is 1. The van der Waals surface area contributed by atoms with Crippen molar-refractivity contribution in [2.75, 3.05) is 5.75 Å². The van der Waals surface area contributed by atoms with E-state index in [1.165, 1.54) is 24.2 Å². The molecule has 0 aliphatic heterocycles. The monoisotopic (exact) mass is 356 g/mol. The van der Waals surface area contributed by atoms with Gasteiger partial charge in [-0.05, 0) is 24.3 Å². The zero-order valence-corrected chi connectivity index (χ0v) is 13.9. The molecule has 114 valence electrons. The van der Waals surface area contributed by atoms with Crippen LogP contribution in [0.5, 0.6) is 0 Å². The second-order valence-corrected chi connectivity index (χ2v) is 6.35. The maximum atomic E-state index is 14.3. The van der Waals surface area contributed by atoms with Gasteiger partial charge in [0.25, 0.3) is 5.78 Å². The van der Waals surface area contributed by atoms with Crippen LogP contribution in [-0.2, 0) is 0 Å². The van der Waals surface area contributed by atoms with Gasteiger partial charge in [0.1, 0.15) is 22.3 Å². The molecule has 0 saturated heterocycles. The molecule has 0 unspecified atom stereocenters. The predicted octanol–water partition coefficient (Wildman–Crippen LogP) is 4.74. The molecule has 0 fully saturated rings. The Hall–Kier alpha value is -1.37. The molecule has 0 N–H and O–H groups in total. The summed E-state index contributed by atoms with van der Waals surface area (Å²) in [5.41, 5.74) is 0.680. The van der Waals surface area contributed by atoms with Crippen molar-refractivity contribution >= 4 is 40.7 Å². The third-order valence-corrected chi connectivity index (χ3v) is 4.85. The third kappa shape index (κ3) is 2.66. The van der Waals surface area contributed by atoms with Gasteiger partial charge in [-0.2, -0.15) is 19.6 Å². The molecular weight excluding hydrogens is 346 g/mol. The summed E-state index contributed by atoms with van der Waals surface area (Å²) >= 11 is 14.0. The zero-order chi connectivity index (χ0) is 15.7. The number of hydrogen-bond acceptors (Lipinski definition) is 4. The molecule has 0 radical (unpaired) electrons. The molecular formula is C14H11Cl2FN4S. The van der Waals surface area contributed by atoms with E-state index < -0.39 is 5.82 Å². The van der Waals surface area contributed by atoms with Crippen molar-refractivity contribution < 1.29 is 4.39 Å². The summed E-state index contributed by atoms with van der Waals surface area (Å²) in [4.78, 5) is 8.22. The standard InChI is InChI=1S/C14H11Cl2FN4S/c1-2-6-22-13-11(10-8(15)4-3-5-9(10)17)12(16)20-14-18-7-19-21(13)14/h3-5,7H,2,6H2,1H3. The molecule has 8 heteroatoms. The van der Waals surface area contributed by atoms with Crippen LogP contribution in [0, 0.1) is 5.82 Å². The molecule has 0 spiro atoms. The van der Waals surface area contributed by atoms with E-state index in [0.29, 0.717) is 16.4 Å². The topological polar surface area (TPSA) is 43.1 Å². The van der Waals surface area contributed by atoms with Crippen molar-refractivity contribution in [1.29, 1.82) is 0 Å². The van der Waals surface area contributed by atoms with E-state index in [1.54, 1.807) is 16.6 Å². The lowest BCUT2D eigenvalue weighted by atomic mass is 10.1. The molecule has 2 aromatic heterocycles. The molecule has 0 bridgehead atoms. The summed E-state index contributed by atoms with van der Waals surface area (Å²) in [7, 11) is 0. The molecule has 2 heterocycles. The van der Waals surface area contributed by atoms with Crippen LogP contribution in [0.1, 0.15) is 13.3 Å². The minimum absolute atomic E-state index is 0.158. The minimum Gasteiger partial charge on any atom is -0.206 e. The quantitative estimate of drug-likeness (QED) is 0.500. The second-order valence-electron chi connectivity index (χ2n) is 4.50. The highest BCUT2D eigenvalue weighted by atomic mass is 35.5. The fourth-order valence-corrected chi connectivity index (χ4v) is 3.64. The van der Waals surface area contributed by atoms with Gasteiger partial charge in [0, 0.05) is 5.56 Å². The van der Waals surface area contributed by atoms with Gasteiger partial charge in [0.2, 0.25) is 0 Å². The summed E-state index contributed by atoms with van der Waals surface area (Å²) in [6.45, 7) is 2.06. The Bertz CT molecular complexity index is 817. The Morgan fingerprint density at radius 2 is 2.09 bits per heavy atom. The Kier molecular flexibility index (Phi) is 4.52. The highest BCUT2D eigenvalue weighted by Crippen LogP contribution is 2.40. The number of rotatable bonds is 4. The predicted molar refractivity (Wildman–Crippen MR) is 87.2 cm³/mol. The Morgan fingerprint density at radius 1 is 1.27 bits per heavy atom. The zero-order valence-electron chi connectivity index (χ0n) is 11.6. The van der Waals surface area contributed by atoms with Crippen molar-refractivity contribution in [3.63, 3.8) is 0 Å². The van der Waals surface area contributed by atoms with Gasteiger partial charge < -0.3 is 0 Å². The Balaban J connectivity index is 2.34. The maximum Gasteiger partial charge on any atom is 0.254 e. The summed E-state index contributed by atoms with van der Waals surface area (Å²) in [5.74, 6) is 0.753. The lowest BCUT2D eigenvalue weighted by Crippen LogP contribution is -2.02. The van der Waals surface area contributed by atoms with Gasteiger partial charge in [-0.15, -0.1) is 11.8 Å². The number of hydrogen-bond donors (Lipinski definition) is 0. The Morgan fingerprint density at radius 3 is 2.82 bits per heavy atom. The van der Waals surface area contributed by atoms with Crippen LogP contribution in [0.3, 0.4) is 0 Å². The normalized spacial score (nSPS) is 11.3. The van der Waals surface area contributed by atoms with E-state index in [2.05, 4.69) is 22.0 Å². The summed E-state index contributed by atoms with van der Waals surface area (Å²) in [6, 6.07) is 4.52. The van der Waals surface area contributed by atoms with Crippen LogP contribution in [-0.4, -0.2) is 25.3 Å². The fourth-order valence-electron chi connectivity index (χ4n) is 2.07. The second kappa shape index (κ2) is 6.40. The van der Waals surface area contributed by atoms with Crippen molar-refractivity contribution in [1.82, 2.24) is 19.6 Å². The highest BCUT2D eigenvalue weighted by molar-refractivity contribution is 7.99. The molecule has 1 aromatic carbocycles. The number of aromatic nitrogens is 4. The minimum atomic E-state index is -0.450. The first-order chi connectivity index (χ1) is 10.6. The van der Waals surface area contributed by atoms with Crippen molar-refractivity contribution in [2.24, 2.45) is 0 Å². The number of fused-ring (bicyclic) bond motifs is 1. The van der Waals surface area contributed by atoms with E-state index >= 15 is 0 Å². The first-order valence-electron chi connectivity index (χ1n) is 6.60. The van der Waals surface area contributed by atoms with Gasteiger partial charge in [-0.3, -0.25) is 0 Å². The van der Waals surface area contributed by atoms with E-state index in [1.807, 2.05) is 0 Å². The molecule has 0 amide bonds. The van der Waals surface area contributed by atoms with Crippen LogP contribution < -0.4 is 0 Å². The molecule has 0 aliphatic rings. The number of nitrogens with zero attached hydrogens (tertiary/aromatic N) is 4. The van der Waals surface area contributed by atoms with Gasteiger partial charge in [-0.1, -0.05) is 36.2 Å². The molecule has 22 heavy (non-hydrogen) atoms. The number of thioether (sulfide) groups is 1. The van der Waals surface area contributed by atoms with E-state index in [9.17, 15) is 4.39 Å². The van der Waals surface area contributed by atoms with E-state index in [-0.39, 0.29) is 15.7 Å². The molecule has 3 aromatic rings. The summed E-state index contributed by atoms with van der Waals surface area (Å²) in [6.07, 6.45) is 2.34. The lowest BCUT2D eigenvalue weighted by molar-refractivity contribution is 0.630. The van der Waals surface area contributed by atoms with Gasteiger partial charge in [0.15, 0.2) is 0 Å². The van der Waals surface area contributed by atoms with Crippen molar-refractivity contribution in [2.45, 2.75) is 18.4 Å². The summed E-state index contributed by atoms with van der Waals surface area (Å²) in [5, 5.41) is 5.28. The van der Waals surface area contributed by atoms with Gasteiger partial charge in [0.05, 0.1) is 10.6 Å². The fraction of sp³-hybridized carbons (Fsp3) is 0.214. The lowest BCUT2D eigenvalue weighted by Gasteiger charge is -2.13. The number of halogens is 3. The molecule has 0 saturated carbocycles. The van der Waals surface area contributed by atoms with Crippen LogP contribution in [0.4, 0.5) is 4.39 Å². The van der Waals surface area contributed by atoms with Crippen LogP contribution >= 0.6 is 35.0 Å². The Labute approximate surface area is 140 Å². The van der Waals surface area contributed by atoms with Crippen molar-refractivity contribution in [3.05, 3.63) is 40.5 Å². The van der Waals surface area contributed by atoms with Gasteiger partial charge in [-0.25, -0.2) is 4.39 Å². The molecule has 4 nitrogen and oxygen atoms in total. The van der Waals surface area contributed by atoms with E-state index in [0.717, 1.165) is 12.2 Å². The van der Waals surface area contributed by atoms with Crippen LogP contribution in [0.15, 0.2) is 29.6 Å². The van der Waals surface area contributed by atoms with Crippen molar-refractivity contribution in [3.8, 4) is 11.1 Å². The first-order valence-corrected chi connectivity index (χ1v) is 8.34. The SMILES string of the molecule is CCCSc1c(-c2c(F)cccc2Cl)c(Cl)nc2ncnn12. The molecule has 0 atom stereocenters. The third-order valence-electron chi connectivity index (χ3n) is 3.00. The largest absolute Gasteiger partial charge is 0.254 e. The average Bonchev–Trinajstić information content (AvgIpc) is 2.94. The summed E-state index contributed by atoms with van der Waals surface area (Å²) < 4.78 is 15.9. The van der Waals surface area contributed by atoms with Crippen LogP contribution in [0.25, 0.3) is 16.9 Å². The van der Waals surface area contributed by atoms with E-state index in [4.69, 9.17) is 23.2 Å². The maximum absolute atomic E-state index is 14.3. The molecule has 0 aliphatic carbocycles. The van der Waals surface area contributed by atoms with Gasteiger partial charge >= 0.3 is 0 Å².